The highest BCUT2D eigenvalue weighted by Gasteiger charge is 2.55. The molecular formula is C17H27N3O2. The number of nitrogens with zero attached hydrogens (tertiary/aromatic N) is 3. The zero-order valence-electron chi connectivity index (χ0n) is 13.9. The van der Waals surface area contributed by atoms with Crippen molar-refractivity contribution in [3.8, 4) is 0 Å². The molecule has 1 aromatic heterocycles. The van der Waals surface area contributed by atoms with Crippen LogP contribution in [0, 0.1) is 11.3 Å². The van der Waals surface area contributed by atoms with Crippen LogP contribution >= 0.6 is 0 Å². The van der Waals surface area contributed by atoms with E-state index in [1.165, 1.54) is 0 Å². The zero-order valence-corrected chi connectivity index (χ0v) is 13.9. The van der Waals surface area contributed by atoms with Gasteiger partial charge in [0.15, 0.2) is 0 Å². The molecule has 3 rings (SSSR count). The summed E-state index contributed by atoms with van der Waals surface area (Å²) in [4.78, 5) is 19.3. The quantitative estimate of drug-likeness (QED) is 0.801. The van der Waals surface area contributed by atoms with Crippen molar-refractivity contribution in [3.05, 3.63) is 18.7 Å². The second-order valence-corrected chi connectivity index (χ2v) is 7.78. The summed E-state index contributed by atoms with van der Waals surface area (Å²) in [6.45, 7) is 9.63. The summed E-state index contributed by atoms with van der Waals surface area (Å²) in [7, 11) is 0. The fourth-order valence-electron chi connectivity index (χ4n) is 3.95. The van der Waals surface area contributed by atoms with Crippen molar-refractivity contribution in [2.24, 2.45) is 11.3 Å². The maximum Gasteiger partial charge on any atom is 0.314 e. The number of hydrogen-bond donors (Lipinski definition) is 0. The van der Waals surface area contributed by atoms with Crippen molar-refractivity contribution in [2.45, 2.75) is 52.2 Å². The van der Waals surface area contributed by atoms with Gasteiger partial charge in [0, 0.05) is 38.6 Å². The summed E-state index contributed by atoms with van der Waals surface area (Å²) in [6.07, 6.45) is 8.93. The van der Waals surface area contributed by atoms with Gasteiger partial charge in [-0.15, -0.1) is 0 Å². The molecule has 5 nitrogen and oxygen atoms in total. The van der Waals surface area contributed by atoms with E-state index in [4.69, 9.17) is 4.74 Å². The Morgan fingerprint density at radius 1 is 1.41 bits per heavy atom. The van der Waals surface area contributed by atoms with Crippen LogP contribution in [0.25, 0.3) is 0 Å². The standard InChI is InChI=1S/C17H27N3O2/c1-16(2,3)22-15(21)17-6-4-5-14(17)11-20(12-17)10-9-19-8-7-18-13-19/h7-8,13-14H,4-6,9-12H2,1-3H3/t14-,17+/m0/s1. The molecule has 5 heteroatoms. The average Bonchev–Trinajstić information content (AvgIpc) is 3.09. The highest BCUT2D eigenvalue weighted by molar-refractivity contribution is 5.79. The third kappa shape index (κ3) is 3.05. The Kier molecular flexibility index (Phi) is 4.02. The van der Waals surface area contributed by atoms with Gasteiger partial charge in [-0.2, -0.15) is 0 Å². The lowest BCUT2D eigenvalue weighted by atomic mass is 9.80. The SMILES string of the molecule is CC(C)(C)OC(=O)[C@@]12CCC[C@H]1CN(CCn1ccnc1)C2. The maximum absolute atomic E-state index is 12.8. The van der Waals surface area contributed by atoms with E-state index in [2.05, 4.69) is 14.5 Å². The molecule has 2 atom stereocenters. The van der Waals surface area contributed by atoms with Gasteiger partial charge >= 0.3 is 5.97 Å². The highest BCUT2D eigenvalue weighted by Crippen LogP contribution is 2.49. The van der Waals surface area contributed by atoms with Crippen molar-refractivity contribution < 1.29 is 9.53 Å². The first-order chi connectivity index (χ1) is 10.4. The molecule has 0 bridgehead atoms. The number of carbonyl (C=O) groups is 1. The number of fused-ring (bicyclic) bond motifs is 1. The highest BCUT2D eigenvalue weighted by atomic mass is 16.6. The molecule has 2 heterocycles. The minimum Gasteiger partial charge on any atom is -0.459 e. The largest absolute Gasteiger partial charge is 0.459 e. The first-order valence-corrected chi connectivity index (χ1v) is 8.31. The summed E-state index contributed by atoms with van der Waals surface area (Å²) in [6, 6.07) is 0. The molecule has 0 N–H and O–H groups in total. The predicted molar refractivity (Wildman–Crippen MR) is 84.3 cm³/mol. The molecule has 1 aliphatic heterocycles. The van der Waals surface area contributed by atoms with E-state index in [1.807, 2.05) is 33.3 Å². The van der Waals surface area contributed by atoms with Crippen molar-refractivity contribution in [1.29, 1.82) is 0 Å². The van der Waals surface area contributed by atoms with Crippen molar-refractivity contribution >= 4 is 5.97 Å². The van der Waals surface area contributed by atoms with E-state index in [0.29, 0.717) is 5.92 Å². The van der Waals surface area contributed by atoms with Crippen LogP contribution in [0.2, 0.25) is 0 Å². The molecule has 0 spiro atoms. The smallest absolute Gasteiger partial charge is 0.314 e. The van der Waals surface area contributed by atoms with Gasteiger partial charge in [0.25, 0.3) is 0 Å². The van der Waals surface area contributed by atoms with Crippen molar-refractivity contribution in [2.75, 3.05) is 19.6 Å². The van der Waals surface area contributed by atoms with Gasteiger partial charge in [0.2, 0.25) is 0 Å². The molecule has 1 saturated heterocycles. The van der Waals surface area contributed by atoms with Crippen LogP contribution in [-0.2, 0) is 16.1 Å². The fourth-order valence-corrected chi connectivity index (χ4v) is 3.95. The lowest BCUT2D eigenvalue weighted by Gasteiger charge is -2.31. The number of esters is 1. The first-order valence-electron chi connectivity index (χ1n) is 8.31. The normalized spacial score (nSPS) is 28.8. The van der Waals surface area contributed by atoms with Gasteiger partial charge in [0.1, 0.15) is 5.60 Å². The van der Waals surface area contributed by atoms with E-state index in [0.717, 1.165) is 45.4 Å². The third-order valence-corrected chi connectivity index (χ3v) is 4.98. The van der Waals surface area contributed by atoms with Crippen molar-refractivity contribution in [3.63, 3.8) is 0 Å². The number of aromatic nitrogens is 2. The van der Waals surface area contributed by atoms with Gasteiger partial charge in [0.05, 0.1) is 11.7 Å². The summed E-state index contributed by atoms with van der Waals surface area (Å²) in [5.41, 5.74) is -0.661. The van der Waals surface area contributed by atoms with Crippen LogP contribution in [0.15, 0.2) is 18.7 Å². The molecule has 2 aliphatic rings. The lowest BCUT2D eigenvalue weighted by Crippen LogP contribution is -2.41. The van der Waals surface area contributed by atoms with Crippen LogP contribution in [0.1, 0.15) is 40.0 Å². The number of ether oxygens (including phenoxy) is 1. The van der Waals surface area contributed by atoms with E-state index in [-0.39, 0.29) is 11.4 Å². The molecule has 0 unspecified atom stereocenters. The second kappa shape index (κ2) is 5.69. The van der Waals surface area contributed by atoms with Crippen LogP contribution in [0.4, 0.5) is 0 Å². The Morgan fingerprint density at radius 2 is 2.23 bits per heavy atom. The summed E-state index contributed by atoms with van der Waals surface area (Å²) >= 11 is 0. The number of imidazole rings is 1. The summed E-state index contributed by atoms with van der Waals surface area (Å²) < 4.78 is 7.84. The average molecular weight is 305 g/mol. The van der Waals surface area contributed by atoms with Gasteiger partial charge in [-0.05, 0) is 39.5 Å². The van der Waals surface area contributed by atoms with Gasteiger partial charge < -0.3 is 14.2 Å². The molecule has 0 amide bonds. The van der Waals surface area contributed by atoms with Gasteiger partial charge in [-0.1, -0.05) is 6.42 Å². The molecule has 1 saturated carbocycles. The summed E-state index contributed by atoms with van der Waals surface area (Å²) in [5, 5.41) is 0. The molecule has 122 valence electrons. The number of hydrogen-bond acceptors (Lipinski definition) is 4. The Bertz CT molecular complexity index is 521. The third-order valence-electron chi connectivity index (χ3n) is 4.98. The van der Waals surface area contributed by atoms with Gasteiger partial charge in [-0.3, -0.25) is 4.79 Å². The molecular weight excluding hydrogens is 278 g/mol. The Balaban J connectivity index is 1.64. The monoisotopic (exact) mass is 305 g/mol. The Morgan fingerprint density at radius 3 is 2.91 bits per heavy atom. The zero-order chi connectivity index (χ0) is 15.8. The number of likely N-dealkylation sites (tertiary alicyclic amines) is 1. The minimum absolute atomic E-state index is 0.0210. The minimum atomic E-state index is -0.400. The molecule has 1 aromatic rings. The van der Waals surface area contributed by atoms with Crippen LogP contribution < -0.4 is 0 Å². The lowest BCUT2D eigenvalue weighted by molar-refractivity contribution is -0.168. The maximum atomic E-state index is 12.8. The van der Waals surface area contributed by atoms with E-state index < -0.39 is 5.60 Å². The Labute approximate surface area is 132 Å². The number of carbonyl (C=O) groups excluding carboxylic acids is 1. The molecule has 1 aliphatic carbocycles. The van der Waals surface area contributed by atoms with E-state index in [1.54, 1.807) is 6.20 Å². The summed E-state index contributed by atoms with van der Waals surface area (Å²) in [5.74, 6) is 0.484. The predicted octanol–water partition coefficient (Wildman–Crippen LogP) is 2.33. The van der Waals surface area contributed by atoms with E-state index >= 15 is 0 Å². The molecule has 0 radical (unpaired) electrons. The van der Waals surface area contributed by atoms with Crippen molar-refractivity contribution in [1.82, 2.24) is 14.5 Å². The molecule has 2 fully saturated rings. The second-order valence-electron chi connectivity index (χ2n) is 7.78. The van der Waals surface area contributed by atoms with Gasteiger partial charge in [-0.25, -0.2) is 4.98 Å². The topological polar surface area (TPSA) is 47.4 Å². The van der Waals surface area contributed by atoms with E-state index in [9.17, 15) is 4.79 Å². The number of rotatable bonds is 4. The van der Waals surface area contributed by atoms with Crippen LogP contribution in [-0.4, -0.2) is 45.7 Å². The van der Waals surface area contributed by atoms with Crippen LogP contribution in [0.3, 0.4) is 0 Å². The first kappa shape index (κ1) is 15.5. The molecule has 22 heavy (non-hydrogen) atoms. The Hall–Kier alpha value is -1.36. The molecule has 0 aromatic carbocycles. The van der Waals surface area contributed by atoms with Crippen LogP contribution in [0.5, 0.6) is 0 Å². The fraction of sp³-hybridized carbons (Fsp3) is 0.765.